The molecule has 1 aromatic rings. The van der Waals surface area contributed by atoms with E-state index in [2.05, 4.69) is 39.8 Å². The first-order chi connectivity index (χ1) is 10.5. The Morgan fingerprint density at radius 3 is 2.18 bits per heavy atom. The minimum atomic E-state index is 0.616. The second kappa shape index (κ2) is 8.48. The number of nitriles is 1. The SMILES string of the molecule is COc1c(C)c(C)c(OC)c(CC=C(C)CCCC#N)c1C. The van der Waals surface area contributed by atoms with Crippen LogP contribution in [0.3, 0.4) is 0 Å². The van der Waals surface area contributed by atoms with Crippen molar-refractivity contribution in [2.45, 2.75) is 53.4 Å². The van der Waals surface area contributed by atoms with Crippen molar-refractivity contribution in [1.29, 1.82) is 5.26 Å². The molecule has 0 N–H and O–H groups in total. The number of rotatable bonds is 7. The Morgan fingerprint density at radius 2 is 1.64 bits per heavy atom. The van der Waals surface area contributed by atoms with E-state index in [1.165, 1.54) is 11.1 Å². The summed E-state index contributed by atoms with van der Waals surface area (Å²) < 4.78 is 11.2. The Labute approximate surface area is 134 Å². The van der Waals surface area contributed by atoms with E-state index in [4.69, 9.17) is 14.7 Å². The van der Waals surface area contributed by atoms with Gasteiger partial charge in [0.1, 0.15) is 11.5 Å². The van der Waals surface area contributed by atoms with Gasteiger partial charge in [0.2, 0.25) is 0 Å². The van der Waals surface area contributed by atoms with Gasteiger partial charge < -0.3 is 9.47 Å². The maximum Gasteiger partial charge on any atom is 0.126 e. The number of methoxy groups -OCH3 is 2. The van der Waals surface area contributed by atoms with Crippen LogP contribution < -0.4 is 9.47 Å². The highest BCUT2D eigenvalue weighted by molar-refractivity contribution is 5.58. The fourth-order valence-electron chi connectivity index (χ4n) is 2.81. The van der Waals surface area contributed by atoms with Crippen molar-refractivity contribution in [2.75, 3.05) is 14.2 Å². The molecule has 0 aromatic heterocycles. The lowest BCUT2D eigenvalue weighted by Crippen LogP contribution is -2.03. The second-order valence-corrected chi connectivity index (χ2v) is 5.69. The summed E-state index contributed by atoms with van der Waals surface area (Å²) >= 11 is 0. The molecule has 0 aliphatic rings. The first-order valence-electron chi connectivity index (χ1n) is 7.71. The van der Waals surface area contributed by atoms with E-state index in [1.54, 1.807) is 14.2 Å². The largest absolute Gasteiger partial charge is 0.496 e. The van der Waals surface area contributed by atoms with Gasteiger partial charge in [-0.2, -0.15) is 5.26 Å². The van der Waals surface area contributed by atoms with Crippen molar-refractivity contribution in [1.82, 2.24) is 0 Å². The first-order valence-corrected chi connectivity index (χ1v) is 7.71. The van der Waals surface area contributed by atoms with Crippen molar-refractivity contribution in [3.63, 3.8) is 0 Å². The highest BCUT2D eigenvalue weighted by Crippen LogP contribution is 2.38. The summed E-state index contributed by atoms with van der Waals surface area (Å²) in [6.45, 7) is 8.35. The summed E-state index contributed by atoms with van der Waals surface area (Å²) in [4.78, 5) is 0. The number of benzene rings is 1. The van der Waals surface area contributed by atoms with Gasteiger partial charge in [-0.1, -0.05) is 11.6 Å². The lowest BCUT2D eigenvalue weighted by Gasteiger charge is -2.20. The van der Waals surface area contributed by atoms with Crippen molar-refractivity contribution in [3.8, 4) is 17.6 Å². The quantitative estimate of drug-likeness (QED) is 0.536. The molecule has 0 saturated carbocycles. The van der Waals surface area contributed by atoms with Crippen molar-refractivity contribution in [2.24, 2.45) is 0 Å². The molecule has 3 nitrogen and oxygen atoms in total. The molecule has 1 rings (SSSR count). The lowest BCUT2D eigenvalue weighted by atomic mass is 9.94. The van der Waals surface area contributed by atoms with Gasteiger partial charge in [0.25, 0.3) is 0 Å². The van der Waals surface area contributed by atoms with E-state index in [0.29, 0.717) is 6.42 Å². The third-order valence-electron chi connectivity index (χ3n) is 4.23. The molecule has 0 atom stereocenters. The van der Waals surface area contributed by atoms with Gasteiger partial charge in [-0.05, 0) is 63.6 Å². The van der Waals surface area contributed by atoms with Crippen LogP contribution in [0.4, 0.5) is 0 Å². The third-order valence-corrected chi connectivity index (χ3v) is 4.23. The van der Waals surface area contributed by atoms with Crippen molar-refractivity contribution in [3.05, 3.63) is 33.9 Å². The number of allylic oxidation sites excluding steroid dienone is 2. The predicted octanol–water partition coefficient (Wildman–Crippen LogP) is 4.81. The zero-order valence-electron chi connectivity index (χ0n) is 14.7. The van der Waals surface area contributed by atoms with Crippen LogP contribution in [0.1, 0.15) is 48.4 Å². The highest BCUT2D eigenvalue weighted by atomic mass is 16.5. The maximum atomic E-state index is 8.61. The molecule has 0 aliphatic carbocycles. The van der Waals surface area contributed by atoms with Crippen LogP contribution >= 0.6 is 0 Å². The van der Waals surface area contributed by atoms with E-state index in [0.717, 1.165) is 47.5 Å². The highest BCUT2D eigenvalue weighted by Gasteiger charge is 2.17. The average molecular weight is 301 g/mol. The Hall–Kier alpha value is -1.95. The van der Waals surface area contributed by atoms with Crippen molar-refractivity contribution >= 4 is 0 Å². The van der Waals surface area contributed by atoms with E-state index < -0.39 is 0 Å². The van der Waals surface area contributed by atoms with E-state index in [1.807, 2.05) is 0 Å². The monoisotopic (exact) mass is 301 g/mol. The molecular weight excluding hydrogens is 274 g/mol. The van der Waals surface area contributed by atoms with Crippen LogP contribution in [-0.2, 0) is 6.42 Å². The third kappa shape index (κ3) is 4.04. The number of hydrogen-bond donors (Lipinski definition) is 0. The molecule has 0 aliphatic heterocycles. The fourth-order valence-corrected chi connectivity index (χ4v) is 2.81. The van der Waals surface area contributed by atoms with Gasteiger partial charge in [-0.25, -0.2) is 0 Å². The average Bonchev–Trinajstić information content (AvgIpc) is 2.50. The molecule has 0 unspecified atom stereocenters. The minimum absolute atomic E-state index is 0.616. The number of unbranched alkanes of at least 4 members (excludes halogenated alkanes) is 1. The Kier molecular flexibility index (Phi) is 6.98. The van der Waals surface area contributed by atoms with Crippen molar-refractivity contribution < 1.29 is 9.47 Å². The predicted molar refractivity (Wildman–Crippen MR) is 90.7 cm³/mol. The van der Waals surface area contributed by atoms with Gasteiger partial charge in [0.15, 0.2) is 0 Å². The Balaban J connectivity index is 3.11. The zero-order chi connectivity index (χ0) is 16.7. The van der Waals surface area contributed by atoms with Gasteiger partial charge >= 0.3 is 0 Å². The molecule has 0 fully saturated rings. The standard InChI is InChI=1S/C19H27NO2/c1-13(9-7-8-12-20)10-11-17-16(4)18(21-5)14(2)15(3)19(17)22-6/h10H,7-9,11H2,1-6H3. The molecule has 0 heterocycles. The fraction of sp³-hybridized carbons (Fsp3) is 0.526. The topological polar surface area (TPSA) is 42.2 Å². The molecule has 3 heteroatoms. The number of nitrogens with zero attached hydrogens (tertiary/aromatic N) is 1. The lowest BCUT2D eigenvalue weighted by molar-refractivity contribution is 0.391. The Bertz CT molecular complexity index is 595. The molecule has 0 amide bonds. The van der Waals surface area contributed by atoms with Crippen LogP contribution in [-0.4, -0.2) is 14.2 Å². The summed E-state index contributed by atoms with van der Waals surface area (Å²) in [6, 6.07) is 2.19. The van der Waals surface area contributed by atoms with Gasteiger partial charge in [0, 0.05) is 12.0 Å². The summed E-state index contributed by atoms with van der Waals surface area (Å²) in [5.74, 6) is 1.90. The van der Waals surface area contributed by atoms with Crippen LogP contribution in [0.5, 0.6) is 11.5 Å². The number of hydrogen-bond acceptors (Lipinski definition) is 3. The van der Waals surface area contributed by atoms with E-state index in [-0.39, 0.29) is 0 Å². The Morgan fingerprint density at radius 1 is 1.05 bits per heavy atom. The smallest absolute Gasteiger partial charge is 0.126 e. The summed E-state index contributed by atoms with van der Waals surface area (Å²) in [5.41, 5.74) is 5.91. The summed E-state index contributed by atoms with van der Waals surface area (Å²) in [6.07, 6.45) is 5.56. The second-order valence-electron chi connectivity index (χ2n) is 5.69. The van der Waals surface area contributed by atoms with Gasteiger partial charge in [0.05, 0.1) is 20.3 Å². The molecule has 120 valence electrons. The maximum absolute atomic E-state index is 8.61. The van der Waals surface area contributed by atoms with E-state index >= 15 is 0 Å². The molecule has 0 spiro atoms. The van der Waals surface area contributed by atoms with E-state index in [9.17, 15) is 0 Å². The normalized spacial score (nSPS) is 11.2. The first kappa shape index (κ1) is 18.1. The van der Waals surface area contributed by atoms with Gasteiger partial charge in [-0.3, -0.25) is 0 Å². The van der Waals surface area contributed by atoms with Crippen LogP contribution in [0, 0.1) is 32.1 Å². The minimum Gasteiger partial charge on any atom is -0.496 e. The molecule has 0 bridgehead atoms. The molecule has 22 heavy (non-hydrogen) atoms. The van der Waals surface area contributed by atoms with Crippen LogP contribution in [0.15, 0.2) is 11.6 Å². The van der Waals surface area contributed by atoms with Gasteiger partial charge in [-0.15, -0.1) is 0 Å². The summed E-state index contributed by atoms with van der Waals surface area (Å²) in [7, 11) is 3.44. The molecule has 0 saturated heterocycles. The number of ether oxygens (including phenoxy) is 2. The molecule has 1 aromatic carbocycles. The summed E-state index contributed by atoms with van der Waals surface area (Å²) in [5, 5.41) is 8.61. The molecular formula is C19H27NO2. The molecule has 0 radical (unpaired) electrons. The van der Waals surface area contributed by atoms with Crippen LogP contribution in [0.25, 0.3) is 0 Å². The zero-order valence-corrected chi connectivity index (χ0v) is 14.7. The van der Waals surface area contributed by atoms with Crippen LogP contribution in [0.2, 0.25) is 0 Å².